The summed E-state index contributed by atoms with van der Waals surface area (Å²) in [6.45, 7) is 0. The van der Waals surface area contributed by atoms with Crippen LogP contribution in [0.1, 0.15) is 11.3 Å². The van der Waals surface area contributed by atoms with Crippen LogP contribution in [0.5, 0.6) is 0 Å². The van der Waals surface area contributed by atoms with Crippen LogP contribution < -0.4 is 5.56 Å². The number of nitrogens with zero attached hydrogens (tertiary/aromatic N) is 2. The molecule has 3 heterocycles. The number of nitrogens with one attached hydrogen (secondary N) is 1. The van der Waals surface area contributed by atoms with Gasteiger partial charge in [-0.2, -0.15) is 5.10 Å². The third kappa shape index (κ3) is 3.42. The molecule has 1 aliphatic rings. The molecule has 4 nitrogen and oxygen atoms in total. The molecule has 5 aromatic rings. The highest BCUT2D eigenvalue weighted by atomic mass is 32.2. The van der Waals surface area contributed by atoms with E-state index < -0.39 is 0 Å². The summed E-state index contributed by atoms with van der Waals surface area (Å²) in [5.74, 6) is 0. The van der Waals surface area contributed by atoms with Gasteiger partial charge in [-0.1, -0.05) is 66.0 Å². The fraction of sp³-hybridized carbons (Fsp3) is 0.0385. The Morgan fingerprint density at radius 3 is 2.41 bits per heavy atom. The van der Waals surface area contributed by atoms with Gasteiger partial charge in [0.1, 0.15) is 0 Å². The molecule has 0 amide bonds. The molecule has 6 heteroatoms. The number of hydrogen-bond donors (Lipinski definition) is 1. The summed E-state index contributed by atoms with van der Waals surface area (Å²) in [6, 6.07) is 24.7. The van der Waals surface area contributed by atoms with Crippen molar-refractivity contribution < 1.29 is 0 Å². The predicted octanol–water partition coefficient (Wildman–Crippen LogP) is 6.19. The van der Waals surface area contributed by atoms with E-state index in [0.29, 0.717) is 11.8 Å². The first-order valence-electron chi connectivity index (χ1n) is 10.2. The van der Waals surface area contributed by atoms with Crippen LogP contribution in [0.4, 0.5) is 0 Å². The lowest BCUT2D eigenvalue weighted by Crippen LogP contribution is -2.11. The molecule has 0 aliphatic carbocycles. The number of H-pyrrole nitrogens is 1. The summed E-state index contributed by atoms with van der Waals surface area (Å²) in [6.07, 6.45) is 4.39. The van der Waals surface area contributed by atoms with Crippen LogP contribution in [0.15, 0.2) is 110 Å². The van der Waals surface area contributed by atoms with Crippen molar-refractivity contribution in [2.24, 2.45) is 0 Å². The summed E-state index contributed by atoms with van der Waals surface area (Å²) < 4.78 is 0. The molecule has 0 fully saturated rings. The summed E-state index contributed by atoms with van der Waals surface area (Å²) >= 11 is 3.63. The van der Waals surface area contributed by atoms with Crippen molar-refractivity contribution in [1.82, 2.24) is 15.2 Å². The van der Waals surface area contributed by atoms with Gasteiger partial charge in [-0.3, -0.25) is 9.78 Å². The Kier molecular flexibility index (Phi) is 4.82. The average Bonchev–Trinajstić information content (AvgIpc) is 2.84. The molecule has 0 unspecified atom stereocenters. The monoisotopic (exact) mass is 451 g/mol. The van der Waals surface area contributed by atoms with Gasteiger partial charge in [-0.25, -0.2) is 5.10 Å². The molecule has 0 saturated heterocycles. The summed E-state index contributed by atoms with van der Waals surface area (Å²) in [7, 11) is 0. The fourth-order valence-electron chi connectivity index (χ4n) is 4.01. The minimum absolute atomic E-state index is 0.165. The van der Waals surface area contributed by atoms with E-state index >= 15 is 0 Å². The SMILES string of the molecule is O=c1[nH]nc(Cc2cncc(-c3cccc4c3Sc3ccccc3S4)c2)c2ccccc12. The van der Waals surface area contributed by atoms with Gasteiger partial charge in [0.15, 0.2) is 0 Å². The standard InChI is InChI=1S/C26H17N3OS2/c30-26-20-7-2-1-6-19(20)21(28-29-26)13-16-12-17(15-27-14-16)18-8-5-11-24-25(18)32-23-10-4-3-9-22(23)31-24/h1-12,14-15H,13H2,(H,29,30). The summed E-state index contributed by atoms with van der Waals surface area (Å²) in [5.41, 5.74) is 4.00. The van der Waals surface area contributed by atoms with E-state index in [9.17, 15) is 4.79 Å². The highest BCUT2D eigenvalue weighted by molar-refractivity contribution is 8.05. The zero-order valence-electron chi connectivity index (χ0n) is 16.9. The minimum Gasteiger partial charge on any atom is -0.267 e. The quantitative estimate of drug-likeness (QED) is 0.348. The highest BCUT2D eigenvalue weighted by Crippen LogP contribution is 2.51. The third-order valence-electron chi connectivity index (χ3n) is 5.51. The van der Waals surface area contributed by atoms with Crippen molar-refractivity contribution in [3.63, 3.8) is 0 Å². The van der Waals surface area contributed by atoms with Crippen molar-refractivity contribution in [1.29, 1.82) is 0 Å². The molecule has 3 aromatic carbocycles. The maximum atomic E-state index is 12.1. The van der Waals surface area contributed by atoms with E-state index in [0.717, 1.165) is 22.2 Å². The zero-order chi connectivity index (χ0) is 21.5. The molecule has 1 N–H and O–H groups in total. The highest BCUT2D eigenvalue weighted by Gasteiger charge is 2.20. The second-order valence-electron chi connectivity index (χ2n) is 7.59. The van der Waals surface area contributed by atoms with Crippen molar-refractivity contribution >= 4 is 34.3 Å². The van der Waals surface area contributed by atoms with E-state index in [1.807, 2.05) is 60.2 Å². The number of pyridine rings is 1. The number of hydrogen-bond acceptors (Lipinski definition) is 5. The van der Waals surface area contributed by atoms with Crippen LogP contribution in [-0.2, 0) is 6.42 Å². The van der Waals surface area contributed by atoms with E-state index in [-0.39, 0.29) is 5.56 Å². The van der Waals surface area contributed by atoms with Crippen LogP contribution in [-0.4, -0.2) is 15.2 Å². The van der Waals surface area contributed by atoms with Gasteiger partial charge in [-0.15, -0.1) is 0 Å². The smallest absolute Gasteiger partial charge is 0.267 e. The first-order valence-corrected chi connectivity index (χ1v) is 11.9. The van der Waals surface area contributed by atoms with Crippen molar-refractivity contribution in [3.8, 4) is 11.1 Å². The number of aromatic amines is 1. The van der Waals surface area contributed by atoms with E-state index in [1.165, 1.54) is 25.1 Å². The van der Waals surface area contributed by atoms with Crippen LogP contribution in [0.25, 0.3) is 21.9 Å². The van der Waals surface area contributed by atoms with E-state index in [2.05, 4.69) is 63.7 Å². The van der Waals surface area contributed by atoms with E-state index in [4.69, 9.17) is 0 Å². The summed E-state index contributed by atoms with van der Waals surface area (Å²) in [4.78, 5) is 21.8. The number of benzene rings is 3. The Morgan fingerprint density at radius 2 is 1.53 bits per heavy atom. The van der Waals surface area contributed by atoms with Crippen LogP contribution in [0.2, 0.25) is 0 Å². The summed E-state index contributed by atoms with van der Waals surface area (Å²) in [5, 5.41) is 8.49. The second kappa shape index (κ2) is 7.97. The molecule has 0 radical (unpaired) electrons. The number of rotatable bonds is 3. The number of aromatic nitrogens is 3. The normalized spacial score (nSPS) is 12.4. The Bertz CT molecular complexity index is 1540. The Hall–Kier alpha value is -3.35. The molecule has 6 rings (SSSR count). The topological polar surface area (TPSA) is 58.6 Å². The largest absolute Gasteiger partial charge is 0.272 e. The fourth-order valence-corrected chi connectivity index (χ4v) is 6.41. The van der Waals surface area contributed by atoms with Crippen molar-refractivity contribution in [2.45, 2.75) is 26.0 Å². The first-order chi connectivity index (χ1) is 15.8. The lowest BCUT2D eigenvalue weighted by Gasteiger charge is -2.21. The molecule has 2 aromatic heterocycles. The Balaban J connectivity index is 1.39. The zero-order valence-corrected chi connectivity index (χ0v) is 18.5. The molecule has 32 heavy (non-hydrogen) atoms. The lowest BCUT2D eigenvalue weighted by molar-refractivity contribution is 0.931. The van der Waals surface area contributed by atoms with Gasteiger partial charge in [-0.05, 0) is 41.5 Å². The number of fused-ring (bicyclic) bond motifs is 3. The van der Waals surface area contributed by atoms with Gasteiger partial charge < -0.3 is 0 Å². The molecule has 154 valence electrons. The lowest BCUT2D eigenvalue weighted by atomic mass is 10.0. The van der Waals surface area contributed by atoms with Gasteiger partial charge in [0.05, 0.1) is 11.1 Å². The maximum absolute atomic E-state index is 12.1. The first kappa shape index (κ1) is 19.3. The Morgan fingerprint density at radius 1 is 0.781 bits per heavy atom. The van der Waals surface area contributed by atoms with Gasteiger partial charge >= 0.3 is 0 Å². The minimum atomic E-state index is -0.165. The molecular formula is C26H17N3OS2. The van der Waals surface area contributed by atoms with Gasteiger partial charge in [0, 0.05) is 49.3 Å². The van der Waals surface area contributed by atoms with Gasteiger partial charge in [0.25, 0.3) is 5.56 Å². The third-order valence-corrected chi connectivity index (χ3v) is 8.13. The van der Waals surface area contributed by atoms with E-state index in [1.54, 1.807) is 0 Å². The Labute approximate surface area is 193 Å². The molecular weight excluding hydrogens is 434 g/mol. The maximum Gasteiger partial charge on any atom is 0.272 e. The molecule has 0 bridgehead atoms. The molecule has 0 saturated carbocycles. The van der Waals surface area contributed by atoms with Crippen molar-refractivity contribution in [2.75, 3.05) is 0 Å². The molecule has 1 aliphatic heterocycles. The van der Waals surface area contributed by atoms with Crippen LogP contribution in [0, 0.1) is 0 Å². The average molecular weight is 452 g/mol. The van der Waals surface area contributed by atoms with Crippen LogP contribution in [0.3, 0.4) is 0 Å². The molecule has 0 spiro atoms. The second-order valence-corrected chi connectivity index (χ2v) is 9.72. The van der Waals surface area contributed by atoms with Crippen LogP contribution >= 0.6 is 23.5 Å². The molecule has 0 atom stereocenters. The van der Waals surface area contributed by atoms with Gasteiger partial charge in [0.2, 0.25) is 0 Å². The predicted molar refractivity (Wildman–Crippen MR) is 130 cm³/mol. The van der Waals surface area contributed by atoms with Crippen molar-refractivity contribution in [3.05, 3.63) is 107 Å².